The van der Waals surface area contributed by atoms with Crippen molar-refractivity contribution in [3.8, 4) is 5.75 Å². The number of nitrogens with one attached hydrogen (secondary N) is 1. The molecule has 1 aliphatic carbocycles. The van der Waals surface area contributed by atoms with Crippen LogP contribution in [-0.4, -0.2) is 32.7 Å². The number of aliphatic carboxylic acids is 1. The first-order valence-electron chi connectivity index (χ1n) is 10.1. The minimum atomic E-state index is -1.00. The van der Waals surface area contributed by atoms with Gasteiger partial charge in [-0.25, -0.2) is 4.39 Å². The molecule has 1 heterocycles. The SMILES string of the molecule is O=C(O)Cn1c2c(c3cc(F)cc(Cl)c31)CC(NC(=O)CCc1ccccc1O)CC2. The number of aromatic hydroxyl groups is 1. The number of nitrogens with zero attached hydrogens (tertiary/aromatic N) is 1. The minimum absolute atomic E-state index is 0.129. The van der Waals surface area contributed by atoms with Crippen LogP contribution < -0.4 is 5.32 Å². The van der Waals surface area contributed by atoms with Crippen LogP contribution in [0.15, 0.2) is 36.4 Å². The van der Waals surface area contributed by atoms with Gasteiger partial charge in [0.15, 0.2) is 0 Å². The molecule has 1 amide bonds. The highest BCUT2D eigenvalue weighted by Crippen LogP contribution is 2.36. The van der Waals surface area contributed by atoms with Gasteiger partial charge in [-0.3, -0.25) is 9.59 Å². The highest BCUT2D eigenvalue weighted by molar-refractivity contribution is 6.35. The van der Waals surface area contributed by atoms with Gasteiger partial charge in [0, 0.05) is 23.5 Å². The van der Waals surface area contributed by atoms with E-state index in [1.165, 1.54) is 12.1 Å². The molecular weight excluding hydrogens is 423 g/mol. The van der Waals surface area contributed by atoms with Gasteiger partial charge in [0.1, 0.15) is 18.1 Å². The van der Waals surface area contributed by atoms with Crippen LogP contribution in [0.5, 0.6) is 5.75 Å². The number of carbonyl (C=O) groups is 2. The first-order valence-corrected chi connectivity index (χ1v) is 10.5. The van der Waals surface area contributed by atoms with Crippen molar-refractivity contribution in [3.05, 3.63) is 64.1 Å². The van der Waals surface area contributed by atoms with Crippen LogP contribution in [0.1, 0.15) is 29.7 Å². The van der Waals surface area contributed by atoms with E-state index in [1.807, 2.05) is 6.07 Å². The largest absolute Gasteiger partial charge is 0.508 e. The summed E-state index contributed by atoms with van der Waals surface area (Å²) >= 11 is 6.26. The van der Waals surface area contributed by atoms with Crippen LogP contribution in [-0.2, 0) is 35.4 Å². The number of hydrogen-bond donors (Lipinski definition) is 3. The molecule has 0 saturated heterocycles. The lowest BCUT2D eigenvalue weighted by atomic mass is 9.91. The van der Waals surface area contributed by atoms with Gasteiger partial charge in [0.05, 0.1) is 10.5 Å². The molecule has 6 nitrogen and oxygen atoms in total. The molecular formula is C23H22ClFN2O4. The fourth-order valence-electron chi connectivity index (χ4n) is 4.40. The number of aromatic nitrogens is 1. The predicted octanol–water partition coefficient (Wildman–Crippen LogP) is 3.83. The fraction of sp³-hybridized carbons (Fsp3) is 0.304. The second-order valence-corrected chi connectivity index (χ2v) is 8.23. The Morgan fingerprint density at radius 1 is 1.26 bits per heavy atom. The molecule has 4 rings (SSSR count). The van der Waals surface area contributed by atoms with E-state index in [2.05, 4.69) is 5.32 Å². The number of hydrogen-bond acceptors (Lipinski definition) is 3. The zero-order chi connectivity index (χ0) is 22.1. The molecule has 1 aromatic heterocycles. The number of phenols is 1. The summed E-state index contributed by atoms with van der Waals surface area (Å²) in [4.78, 5) is 23.9. The molecule has 162 valence electrons. The van der Waals surface area contributed by atoms with Gasteiger partial charge >= 0.3 is 5.97 Å². The number of aryl methyl sites for hydroxylation is 1. The fourth-order valence-corrected chi connectivity index (χ4v) is 4.71. The Morgan fingerprint density at radius 3 is 2.77 bits per heavy atom. The number of halogens is 2. The topological polar surface area (TPSA) is 91.6 Å². The quantitative estimate of drug-likeness (QED) is 0.539. The molecule has 2 aromatic carbocycles. The van der Waals surface area contributed by atoms with Crippen LogP contribution in [0.4, 0.5) is 4.39 Å². The molecule has 0 saturated carbocycles. The van der Waals surface area contributed by atoms with E-state index >= 15 is 0 Å². The number of carbonyl (C=O) groups excluding carboxylic acids is 1. The molecule has 1 aliphatic rings. The first-order chi connectivity index (χ1) is 14.8. The average Bonchev–Trinajstić information content (AvgIpc) is 3.00. The van der Waals surface area contributed by atoms with Crippen molar-refractivity contribution in [2.75, 3.05) is 0 Å². The predicted molar refractivity (Wildman–Crippen MR) is 115 cm³/mol. The summed E-state index contributed by atoms with van der Waals surface area (Å²) in [7, 11) is 0. The van der Waals surface area contributed by atoms with E-state index in [1.54, 1.807) is 22.8 Å². The summed E-state index contributed by atoms with van der Waals surface area (Å²) in [6.45, 7) is -0.255. The second kappa shape index (κ2) is 8.59. The zero-order valence-corrected chi connectivity index (χ0v) is 17.5. The average molecular weight is 445 g/mol. The first kappa shape index (κ1) is 21.2. The lowest BCUT2D eigenvalue weighted by molar-refractivity contribution is -0.137. The van der Waals surface area contributed by atoms with Gasteiger partial charge < -0.3 is 20.1 Å². The van der Waals surface area contributed by atoms with Crippen molar-refractivity contribution in [3.63, 3.8) is 0 Å². The van der Waals surface area contributed by atoms with Crippen molar-refractivity contribution in [2.45, 2.75) is 44.7 Å². The molecule has 3 aromatic rings. The van der Waals surface area contributed by atoms with Gasteiger partial charge in [0.25, 0.3) is 0 Å². The number of carboxylic acid groups (broad SMARTS) is 1. The zero-order valence-electron chi connectivity index (χ0n) is 16.7. The Balaban J connectivity index is 1.53. The van der Waals surface area contributed by atoms with Crippen molar-refractivity contribution in [2.24, 2.45) is 0 Å². The van der Waals surface area contributed by atoms with Gasteiger partial charge in [-0.1, -0.05) is 29.8 Å². The maximum absolute atomic E-state index is 14.0. The van der Waals surface area contributed by atoms with Crippen molar-refractivity contribution in [1.29, 1.82) is 0 Å². The van der Waals surface area contributed by atoms with E-state index in [0.29, 0.717) is 42.1 Å². The van der Waals surface area contributed by atoms with E-state index in [9.17, 15) is 24.2 Å². The van der Waals surface area contributed by atoms with E-state index in [-0.39, 0.29) is 35.7 Å². The van der Waals surface area contributed by atoms with Crippen LogP contribution >= 0.6 is 11.6 Å². The van der Waals surface area contributed by atoms with E-state index < -0.39 is 11.8 Å². The maximum Gasteiger partial charge on any atom is 0.323 e. The molecule has 3 N–H and O–H groups in total. The van der Waals surface area contributed by atoms with Crippen LogP contribution in [0.2, 0.25) is 5.02 Å². The summed E-state index contributed by atoms with van der Waals surface area (Å²) in [5.41, 5.74) is 2.88. The smallest absolute Gasteiger partial charge is 0.323 e. The summed E-state index contributed by atoms with van der Waals surface area (Å²) in [6, 6.07) is 9.33. The molecule has 8 heteroatoms. The molecule has 31 heavy (non-hydrogen) atoms. The van der Waals surface area contributed by atoms with Crippen molar-refractivity contribution < 1.29 is 24.2 Å². The number of phenolic OH excluding ortho intramolecular Hbond substituents is 1. The summed E-state index contributed by atoms with van der Waals surface area (Å²) in [5, 5.41) is 23.0. The lowest BCUT2D eigenvalue weighted by Gasteiger charge is -2.25. The Kier molecular flexibility index (Phi) is 5.87. The number of benzene rings is 2. The van der Waals surface area contributed by atoms with Crippen molar-refractivity contribution >= 4 is 34.4 Å². The van der Waals surface area contributed by atoms with Gasteiger partial charge in [-0.05, 0) is 55.0 Å². The van der Waals surface area contributed by atoms with Crippen molar-refractivity contribution in [1.82, 2.24) is 9.88 Å². The number of fused-ring (bicyclic) bond motifs is 3. The van der Waals surface area contributed by atoms with E-state index in [0.717, 1.165) is 11.3 Å². The third-order valence-corrected chi connectivity index (χ3v) is 6.04. The summed E-state index contributed by atoms with van der Waals surface area (Å²) in [6.07, 6.45) is 2.34. The van der Waals surface area contributed by atoms with Crippen LogP contribution in [0, 0.1) is 5.82 Å². The summed E-state index contributed by atoms with van der Waals surface area (Å²) < 4.78 is 15.7. The molecule has 0 radical (unpaired) electrons. The van der Waals surface area contributed by atoms with Crippen LogP contribution in [0.3, 0.4) is 0 Å². The van der Waals surface area contributed by atoms with Gasteiger partial charge in [0.2, 0.25) is 5.91 Å². The molecule has 1 unspecified atom stereocenters. The highest BCUT2D eigenvalue weighted by atomic mass is 35.5. The standard InChI is InChI=1S/C23H22ClFN2O4/c24-18-10-14(25)9-17-16-11-15(6-7-19(16)27(23(17)18)12-22(30)31)26-21(29)8-5-13-3-1-2-4-20(13)28/h1-4,9-10,15,28H,5-8,11-12H2,(H,26,29)(H,30,31). The minimum Gasteiger partial charge on any atom is -0.508 e. The Bertz CT molecular complexity index is 1170. The third kappa shape index (κ3) is 4.37. The number of carboxylic acids is 1. The Labute approximate surface area is 183 Å². The van der Waals surface area contributed by atoms with Gasteiger partial charge in [-0.2, -0.15) is 0 Å². The lowest BCUT2D eigenvalue weighted by Crippen LogP contribution is -2.39. The van der Waals surface area contributed by atoms with E-state index in [4.69, 9.17) is 11.6 Å². The summed E-state index contributed by atoms with van der Waals surface area (Å²) in [5.74, 6) is -1.45. The van der Waals surface area contributed by atoms with Crippen LogP contribution in [0.25, 0.3) is 10.9 Å². The number of rotatable bonds is 6. The second-order valence-electron chi connectivity index (χ2n) is 7.82. The molecule has 0 spiro atoms. The number of para-hydroxylation sites is 1. The molecule has 0 fully saturated rings. The molecule has 0 aliphatic heterocycles. The van der Waals surface area contributed by atoms with Gasteiger partial charge in [-0.15, -0.1) is 0 Å². The maximum atomic E-state index is 14.0. The number of amides is 1. The molecule has 1 atom stereocenters. The monoisotopic (exact) mass is 444 g/mol. The normalized spacial score (nSPS) is 15.6. The third-order valence-electron chi connectivity index (χ3n) is 5.75. The Morgan fingerprint density at radius 2 is 2.03 bits per heavy atom. The molecule has 0 bridgehead atoms. The highest BCUT2D eigenvalue weighted by Gasteiger charge is 2.28. The Hall–Kier alpha value is -3.06.